The first-order chi connectivity index (χ1) is 6.20. The molecule has 0 bridgehead atoms. The van der Waals surface area contributed by atoms with E-state index in [0.717, 1.165) is 5.69 Å². The number of ketones is 1. The van der Waals surface area contributed by atoms with Crippen LogP contribution in [0.5, 0.6) is 0 Å². The molecular weight excluding hydrogens is 162 g/mol. The van der Waals surface area contributed by atoms with E-state index in [1.807, 2.05) is 37.3 Å². The van der Waals surface area contributed by atoms with Gasteiger partial charge in [-0.1, -0.05) is 19.1 Å². The quantitative estimate of drug-likeness (QED) is 0.705. The van der Waals surface area contributed by atoms with Gasteiger partial charge >= 0.3 is 0 Å². The van der Waals surface area contributed by atoms with E-state index in [4.69, 9.17) is 0 Å². The van der Waals surface area contributed by atoms with E-state index in [1.54, 1.807) is 13.1 Å². The van der Waals surface area contributed by atoms with Crippen molar-refractivity contribution in [3.63, 3.8) is 0 Å². The highest BCUT2D eigenvalue weighted by atomic mass is 16.1. The van der Waals surface area contributed by atoms with E-state index < -0.39 is 0 Å². The molecule has 0 amide bonds. The molecule has 1 aromatic rings. The van der Waals surface area contributed by atoms with Crippen molar-refractivity contribution in [1.29, 1.82) is 0 Å². The third-order valence-corrected chi connectivity index (χ3v) is 1.88. The van der Waals surface area contributed by atoms with Gasteiger partial charge in [0.25, 0.3) is 0 Å². The number of carbonyl (C=O) groups is 1. The van der Waals surface area contributed by atoms with Crippen LogP contribution in [-0.2, 0) is 4.79 Å². The number of Topliss-reactive ketones (excluding diaryl/α,β-unsaturated/α-hetero) is 1. The molecule has 0 aliphatic rings. The molecule has 13 heavy (non-hydrogen) atoms. The van der Waals surface area contributed by atoms with Crippen LogP contribution in [0.3, 0.4) is 0 Å². The lowest BCUT2D eigenvalue weighted by Crippen LogP contribution is -2.01. The fourth-order valence-electron chi connectivity index (χ4n) is 0.853. The molecule has 2 nitrogen and oxygen atoms in total. The first kappa shape index (κ1) is 9.65. The molecule has 0 radical (unpaired) electrons. The number of rotatable bonds is 3. The molecule has 1 unspecified atom stereocenters. The van der Waals surface area contributed by atoms with Crippen LogP contribution in [0.1, 0.15) is 19.5 Å². The van der Waals surface area contributed by atoms with Gasteiger partial charge in [-0.2, -0.15) is 0 Å². The zero-order valence-corrected chi connectivity index (χ0v) is 7.90. The lowest BCUT2D eigenvalue weighted by Gasteiger charge is -1.98. The highest BCUT2D eigenvalue weighted by molar-refractivity contribution is 5.80. The van der Waals surface area contributed by atoms with Crippen molar-refractivity contribution < 1.29 is 4.79 Å². The van der Waals surface area contributed by atoms with Gasteiger partial charge in [-0.05, 0) is 25.1 Å². The van der Waals surface area contributed by atoms with Gasteiger partial charge in [-0.15, -0.1) is 0 Å². The Morgan fingerprint density at radius 3 is 2.85 bits per heavy atom. The van der Waals surface area contributed by atoms with Crippen LogP contribution in [-0.4, -0.2) is 10.8 Å². The molecule has 1 heterocycles. The van der Waals surface area contributed by atoms with Crippen molar-refractivity contribution in [2.24, 2.45) is 5.92 Å². The van der Waals surface area contributed by atoms with Crippen molar-refractivity contribution >= 4 is 11.9 Å². The van der Waals surface area contributed by atoms with Crippen molar-refractivity contribution in [1.82, 2.24) is 4.98 Å². The van der Waals surface area contributed by atoms with E-state index in [0.29, 0.717) is 0 Å². The Morgan fingerprint density at radius 1 is 1.54 bits per heavy atom. The predicted octanol–water partition coefficient (Wildman–Crippen LogP) is 2.32. The molecular formula is C11H13NO. The third kappa shape index (κ3) is 3.20. The number of aromatic nitrogens is 1. The number of pyridine rings is 1. The first-order valence-corrected chi connectivity index (χ1v) is 4.30. The number of carbonyl (C=O) groups excluding carboxylic acids is 1. The van der Waals surface area contributed by atoms with E-state index in [9.17, 15) is 4.79 Å². The highest BCUT2D eigenvalue weighted by Crippen LogP contribution is 2.03. The lowest BCUT2D eigenvalue weighted by atomic mass is 10.1. The second kappa shape index (κ2) is 4.55. The highest BCUT2D eigenvalue weighted by Gasteiger charge is 2.01. The van der Waals surface area contributed by atoms with Crippen LogP contribution >= 0.6 is 0 Å². The predicted molar refractivity (Wildman–Crippen MR) is 53.1 cm³/mol. The molecule has 1 aromatic heterocycles. The van der Waals surface area contributed by atoms with Gasteiger partial charge in [-0.3, -0.25) is 9.78 Å². The average Bonchev–Trinajstić information content (AvgIpc) is 2.15. The van der Waals surface area contributed by atoms with Gasteiger partial charge in [-0.25, -0.2) is 0 Å². The molecule has 0 aliphatic carbocycles. The van der Waals surface area contributed by atoms with Gasteiger partial charge in [0.2, 0.25) is 0 Å². The lowest BCUT2D eigenvalue weighted by molar-refractivity contribution is -0.118. The van der Waals surface area contributed by atoms with Crippen molar-refractivity contribution in [2.75, 3.05) is 0 Å². The summed E-state index contributed by atoms with van der Waals surface area (Å²) in [7, 11) is 0. The number of hydrogen-bond donors (Lipinski definition) is 0. The summed E-state index contributed by atoms with van der Waals surface area (Å²) in [6, 6.07) is 5.69. The van der Waals surface area contributed by atoms with E-state index >= 15 is 0 Å². The van der Waals surface area contributed by atoms with E-state index in [-0.39, 0.29) is 11.7 Å². The molecule has 0 saturated carbocycles. The Kier molecular flexibility index (Phi) is 3.38. The van der Waals surface area contributed by atoms with Crippen LogP contribution < -0.4 is 0 Å². The Labute approximate surface area is 78.3 Å². The summed E-state index contributed by atoms with van der Waals surface area (Å²) in [5, 5.41) is 0. The van der Waals surface area contributed by atoms with Gasteiger partial charge in [0, 0.05) is 12.1 Å². The van der Waals surface area contributed by atoms with Crippen LogP contribution in [0.25, 0.3) is 6.08 Å². The van der Waals surface area contributed by atoms with Gasteiger partial charge in [0.1, 0.15) is 5.78 Å². The molecule has 0 aromatic carbocycles. The summed E-state index contributed by atoms with van der Waals surface area (Å²) in [5.74, 6) is 0.147. The monoisotopic (exact) mass is 175 g/mol. The maximum atomic E-state index is 10.9. The van der Waals surface area contributed by atoms with Crippen LogP contribution in [0.15, 0.2) is 30.5 Å². The third-order valence-electron chi connectivity index (χ3n) is 1.88. The van der Waals surface area contributed by atoms with Crippen LogP contribution in [0, 0.1) is 5.92 Å². The first-order valence-electron chi connectivity index (χ1n) is 4.30. The Morgan fingerprint density at radius 2 is 2.31 bits per heavy atom. The second-order valence-corrected chi connectivity index (χ2v) is 3.01. The van der Waals surface area contributed by atoms with E-state index in [2.05, 4.69) is 4.98 Å². The fraction of sp³-hybridized carbons (Fsp3) is 0.273. The van der Waals surface area contributed by atoms with Crippen molar-refractivity contribution in [2.45, 2.75) is 13.8 Å². The molecule has 0 N–H and O–H groups in total. The summed E-state index contributed by atoms with van der Waals surface area (Å²) in [6.45, 7) is 3.47. The minimum atomic E-state index is -0.0259. The molecule has 1 atom stereocenters. The van der Waals surface area contributed by atoms with Gasteiger partial charge in [0.05, 0.1) is 5.69 Å². The topological polar surface area (TPSA) is 30.0 Å². The summed E-state index contributed by atoms with van der Waals surface area (Å²) >= 11 is 0. The maximum Gasteiger partial charge on any atom is 0.136 e. The number of hydrogen-bond acceptors (Lipinski definition) is 2. The van der Waals surface area contributed by atoms with Gasteiger partial charge < -0.3 is 0 Å². The standard InChI is InChI=1S/C11H13NO/c1-9(10(2)13)6-7-11-5-3-4-8-12-11/h3-9H,1-2H3/b7-6+. The average molecular weight is 175 g/mol. The molecule has 68 valence electrons. The van der Waals surface area contributed by atoms with Crippen molar-refractivity contribution in [3.05, 3.63) is 36.2 Å². The Balaban J connectivity index is 2.64. The second-order valence-electron chi connectivity index (χ2n) is 3.01. The molecule has 0 saturated heterocycles. The summed E-state index contributed by atoms with van der Waals surface area (Å²) in [4.78, 5) is 15.0. The largest absolute Gasteiger partial charge is 0.299 e. The summed E-state index contributed by atoms with van der Waals surface area (Å²) < 4.78 is 0. The molecule has 1 rings (SSSR count). The summed E-state index contributed by atoms with van der Waals surface area (Å²) in [5.41, 5.74) is 0.885. The normalized spacial score (nSPS) is 13.1. The number of allylic oxidation sites excluding steroid dienone is 1. The Bertz CT molecular complexity index is 303. The molecule has 2 heteroatoms. The fourth-order valence-corrected chi connectivity index (χ4v) is 0.853. The SMILES string of the molecule is CC(=O)C(C)/C=C/c1ccccn1. The van der Waals surface area contributed by atoms with E-state index in [1.165, 1.54) is 0 Å². The van der Waals surface area contributed by atoms with Crippen molar-refractivity contribution in [3.8, 4) is 0 Å². The Hall–Kier alpha value is -1.44. The smallest absolute Gasteiger partial charge is 0.136 e. The zero-order valence-electron chi connectivity index (χ0n) is 7.90. The maximum absolute atomic E-state index is 10.9. The molecule has 0 fully saturated rings. The molecule has 0 spiro atoms. The number of nitrogens with zero attached hydrogens (tertiary/aromatic N) is 1. The van der Waals surface area contributed by atoms with Crippen LogP contribution in [0.4, 0.5) is 0 Å². The van der Waals surface area contributed by atoms with Gasteiger partial charge in [0.15, 0.2) is 0 Å². The zero-order chi connectivity index (χ0) is 9.68. The minimum absolute atomic E-state index is 0.0259. The molecule has 0 aliphatic heterocycles. The summed E-state index contributed by atoms with van der Waals surface area (Å²) in [6.07, 6.45) is 5.47. The minimum Gasteiger partial charge on any atom is -0.299 e. The van der Waals surface area contributed by atoms with Crippen LogP contribution in [0.2, 0.25) is 0 Å².